The van der Waals surface area contributed by atoms with Gasteiger partial charge in [0.15, 0.2) is 0 Å². The fourth-order valence-electron chi connectivity index (χ4n) is 1.89. The monoisotopic (exact) mass is 335 g/mol. The Hall–Kier alpha value is -0.770. The number of rotatable bonds is 4. The number of thioether (sulfide) groups is 1. The second-order valence-electron chi connectivity index (χ2n) is 4.72. The number of aryl methyl sites for hydroxylation is 1. The van der Waals surface area contributed by atoms with E-state index >= 15 is 0 Å². The molecule has 0 heterocycles. The minimum absolute atomic E-state index is 0.0459. The first kappa shape index (κ1) is 14.6. The molecule has 0 amide bonds. The molecule has 2 aromatic carbocycles. The third-order valence-corrected chi connectivity index (χ3v) is 4.77. The van der Waals surface area contributed by atoms with E-state index in [-0.39, 0.29) is 6.04 Å². The molecule has 0 saturated carbocycles. The number of halogens is 1. The van der Waals surface area contributed by atoms with Crippen molar-refractivity contribution < 1.29 is 0 Å². The van der Waals surface area contributed by atoms with E-state index in [0.29, 0.717) is 5.25 Å². The van der Waals surface area contributed by atoms with Gasteiger partial charge in [-0.3, -0.25) is 0 Å². The number of hydrogen-bond donors (Lipinski definition) is 1. The Balaban J connectivity index is 2.07. The first-order valence-electron chi connectivity index (χ1n) is 6.30. The maximum absolute atomic E-state index is 6.34. The Morgan fingerprint density at radius 2 is 1.79 bits per heavy atom. The van der Waals surface area contributed by atoms with E-state index in [4.69, 9.17) is 5.73 Å². The highest BCUT2D eigenvalue weighted by Crippen LogP contribution is 2.31. The summed E-state index contributed by atoms with van der Waals surface area (Å²) in [4.78, 5) is 1.24. The van der Waals surface area contributed by atoms with Gasteiger partial charge in [-0.2, -0.15) is 0 Å². The highest BCUT2D eigenvalue weighted by Gasteiger charge is 2.16. The number of hydrogen-bond acceptors (Lipinski definition) is 2. The predicted octanol–water partition coefficient (Wildman–Crippen LogP) is 4.94. The Morgan fingerprint density at radius 1 is 1.11 bits per heavy atom. The van der Waals surface area contributed by atoms with Gasteiger partial charge >= 0.3 is 0 Å². The molecule has 0 aliphatic carbocycles. The van der Waals surface area contributed by atoms with Gasteiger partial charge in [0.05, 0.1) is 0 Å². The Labute approximate surface area is 127 Å². The molecule has 0 aromatic heterocycles. The lowest BCUT2D eigenvalue weighted by Gasteiger charge is -2.20. The molecule has 19 heavy (non-hydrogen) atoms. The second kappa shape index (κ2) is 6.60. The van der Waals surface area contributed by atoms with Gasteiger partial charge in [-0.15, -0.1) is 11.8 Å². The standard InChI is InChI=1S/C16H18BrNS/c1-11-6-8-13(9-7-11)16(18)12(2)19-15-5-3-4-14(17)10-15/h3-10,12,16H,18H2,1-2H3. The summed E-state index contributed by atoms with van der Waals surface area (Å²) >= 11 is 5.31. The van der Waals surface area contributed by atoms with Crippen LogP contribution in [0.4, 0.5) is 0 Å². The quantitative estimate of drug-likeness (QED) is 0.801. The van der Waals surface area contributed by atoms with Crippen LogP contribution in [0.2, 0.25) is 0 Å². The Bertz CT molecular complexity index is 539. The molecule has 100 valence electrons. The zero-order valence-electron chi connectivity index (χ0n) is 11.1. The van der Waals surface area contributed by atoms with E-state index in [1.165, 1.54) is 16.0 Å². The predicted molar refractivity (Wildman–Crippen MR) is 87.6 cm³/mol. The summed E-state index contributed by atoms with van der Waals surface area (Å²) in [6.07, 6.45) is 0. The Kier molecular flexibility index (Phi) is 5.08. The van der Waals surface area contributed by atoms with Crippen molar-refractivity contribution in [3.63, 3.8) is 0 Å². The Morgan fingerprint density at radius 3 is 2.42 bits per heavy atom. The van der Waals surface area contributed by atoms with Gasteiger partial charge in [-0.1, -0.05) is 58.7 Å². The van der Waals surface area contributed by atoms with Crippen molar-refractivity contribution >= 4 is 27.7 Å². The lowest BCUT2D eigenvalue weighted by molar-refractivity contribution is 0.715. The molecule has 2 unspecified atom stereocenters. The van der Waals surface area contributed by atoms with Gasteiger partial charge in [0.1, 0.15) is 0 Å². The van der Waals surface area contributed by atoms with Gasteiger partial charge in [0, 0.05) is 20.7 Å². The SMILES string of the molecule is Cc1ccc(C(N)C(C)Sc2cccc(Br)c2)cc1. The third-order valence-electron chi connectivity index (χ3n) is 3.09. The molecular weight excluding hydrogens is 318 g/mol. The molecule has 3 heteroatoms. The molecule has 0 aliphatic heterocycles. The van der Waals surface area contributed by atoms with Crippen molar-refractivity contribution in [2.75, 3.05) is 0 Å². The first-order chi connectivity index (χ1) is 9.06. The van der Waals surface area contributed by atoms with E-state index in [1.54, 1.807) is 0 Å². The molecule has 2 N–H and O–H groups in total. The molecule has 2 rings (SSSR count). The zero-order valence-corrected chi connectivity index (χ0v) is 13.5. The molecule has 2 aromatic rings. The average Bonchev–Trinajstić information content (AvgIpc) is 2.39. The van der Waals surface area contributed by atoms with Crippen molar-refractivity contribution in [3.05, 3.63) is 64.1 Å². The minimum atomic E-state index is 0.0459. The van der Waals surface area contributed by atoms with E-state index in [9.17, 15) is 0 Å². The van der Waals surface area contributed by atoms with Crippen LogP contribution in [0, 0.1) is 6.92 Å². The van der Waals surface area contributed by atoms with Crippen LogP contribution in [0.1, 0.15) is 24.1 Å². The van der Waals surface area contributed by atoms with Crippen molar-refractivity contribution in [2.45, 2.75) is 30.0 Å². The van der Waals surface area contributed by atoms with Crippen molar-refractivity contribution in [3.8, 4) is 0 Å². The highest BCUT2D eigenvalue weighted by molar-refractivity contribution is 9.10. The van der Waals surface area contributed by atoms with E-state index in [2.05, 4.69) is 72.2 Å². The van der Waals surface area contributed by atoms with Crippen LogP contribution in [0.3, 0.4) is 0 Å². The van der Waals surface area contributed by atoms with E-state index < -0.39 is 0 Å². The molecule has 0 aliphatic rings. The molecule has 0 saturated heterocycles. The molecule has 1 nitrogen and oxygen atoms in total. The third kappa shape index (κ3) is 4.10. The summed E-state index contributed by atoms with van der Waals surface area (Å²) in [5.41, 5.74) is 8.80. The summed E-state index contributed by atoms with van der Waals surface area (Å²) in [6.45, 7) is 4.27. The maximum atomic E-state index is 6.34. The van der Waals surface area contributed by atoms with Gasteiger partial charge in [0.25, 0.3) is 0 Å². The maximum Gasteiger partial charge on any atom is 0.0416 e. The van der Waals surface area contributed by atoms with Gasteiger partial charge in [0.2, 0.25) is 0 Å². The lowest BCUT2D eigenvalue weighted by Crippen LogP contribution is -2.20. The highest BCUT2D eigenvalue weighted by atomic mass is 79.9. The smallest absolute Gasteiger partial charge is 0.0416 e. The second-order valence-corrected chi connectivity index (χ2v) is 7.08. The van der Waals surface area contributed by atoms with Gasteiger partial charge < -0.3 is 5.73 Å². The van der Waals surface area contributed by atoms with Gasteiger partial charge in [-0.25, -0.2) is 0 Å². The van der Waals surface area contributed by atoms with Crippen LogP contribution in [0.5, 0.6) is 0 Å². The molecule has 2 atom stereocenters. The molecule has 0 radical (unpaired) electrons. The molecule has 0 fully saturated rings. The summed E-state index contributed by atoms with van der Waals surface area (Å²) in [5.74, 6) is 0. The van der Waals surface area contributed by atoms with Crippen LogP contribution in [0.25, 0.3) is 0 Å². The summed E-state index contributed by atoms with van der Waals surface area (Å²) in [7, 11) is 0. The summed E-state index contributed by atoms with van der Waals surface area (Å²) in [5, 5.41) is 0.331. The van der Waals surface area contributed by atoms with Crippen molar-refractivity contribution in [1.29, 1.82) is 0 Å². The fraction of sp³-hybridized carbons (Fsp3) is 0.250. The normalized spacial score (nSPS) is 14.1. The lowest BCUT2D eigenvalue weighted by atomic mass is 10.0. The largest absolute Gasteiger partial charge is 0.323 e. The van der Waals surface area contributed by atoms with Crippen LogP contribution in [-0.4, -0.2) is 5.25 Å². The van der Waals surface area contributed by atoms with Crippen molar-refractivity contribution in [2.24, 2.45) is 5.73 Å². The van der Waals surface area contributed by atoms with Crippen LogP contribution < -0.4 is 5.73 Å². The van der Waals surface area contributed by atoms with Crippen LogP contribution in [-0.2, 0) is 0 Å². The topological polar surface area (TPSA) is 26.0 Å². The van der Waals surface area contributed by atoms with E-state index in [1.807, 2.05) is 17.8 Å². The van der Waals surface area contributed by atoms with Crippen molar-refractivity contribution in [1.82, 2.24) is 0 Å². The van der Waals surface area contributed by atoms with Gasteiger partial charge in [-0.05, 0) is 30.7 Å². The zero-order chi connectivity index (χ0) is 13.8. The molecule has 0 bridgehead atoms. The number of nitrogens with two attached hydrogens (primary N) is 1. The minimum Gasteiger partial charge on any atom is -0.323 e. The summed E-state index contributed by atoms with van der Waals surface area (Å²) < 4.78 is 1.11. The first-order valence-corrected chi connectivity index (χ1v) is 7.98. The number of benzene rings is 2. The van der Waals surface area contributed by atoms with E-state index in [0.717, 1.165) is 4.47 Å². The van der Waals surface area contributed by atoms with Crippen LogP contribution in [0.15, 0.2) is 57.9 Å². The summed E-state index contributed by atoms with van der Waals surface area (Å²) in [6, 6.07) is 16.9. The molecule has 0 spiro atoms. The van der Waals surface area contributed by atoms with Crippen LogP contribution >= 0.6 is 27.7 Å². The average molecular weight is 336 g/mol. The fourth-order valence-corrected chi connectivity index (χ4v) is 3.52. The molecular formula is C16H18BrNS.